The summed E-state index contributed by atoms with van der Waals surface area (Å²) in [5.74, 6) is 0.171. The monoisotopic (exact) mass is 309 g/mol. The molecule has 0 aliphatic carbocycles. The summed E-state index contributed by atoms with van der Waals surface area (Å²) < 4.78 is 16.0. The van der Waals surface area contributed by atoms with Gasteiger partial charge in [-0.2, -0.15) is 0 Å². The molecular formula is C16H23NO5. The van der Waals surface area contributed by atoms with E-state index < -0.39 is 12.1 Å². The molecule has 1 N–H and O–H groups in total. The van der Waals surface area contributed by atoms with E-state index in [1.807, 2.05) is 0 Å². The van der Waals surface area contributed by atoms with E-state index in [4.69, 9.17) is 9.47 Å². The lowest BCUT2D eigenvalue weighted by Crippen LogP contribution is -2.38. The first-order chi connectivity index (χ1) is 10.6. The maximum atomic E-state index is 11.5. The molecule has 0 radical (unpaired) electrons. The molecule has 1 heterocycles. The van der Waals surface area contributed by atoms with Gasteiger partial charge in [0.2, 0.25) is 0 Å². The van der Waals surface area contributed by atoms with Crippen LogP contribution in [0.3, 0.4) is 0 Å². The third-order valence-electron chi connectivity index (χ3n) is 3.81. The quantitative estimate of drug-likeness (QED) is 0.829. The zero-order chi connectivity index (χ0) is 16.1. The van der Waals surface area contributed by atoms with E-state index in [1.54, 1.807) is 18.2 Å². The molecule has 0 aromatic heterocycles. The maximum Gasteiger partial charge on any atom is 0.339 e. The number of aliphatic hydroxyl groups excluding tert-OH is 1. The minimum absolute atomic E-state index is 0.0677. The fourth-order valence-electron chi connectivity index (χ4n) is 2.69. The third-order valence-corrected chi connectivity index (χ3v) is 3.81. The van der Waals surface area contributed by atoms with Gasteiger partial charge in [0.1, 0.15) is 6.10 Å². The number of rotatable bonds is 5. The van der Waals surface area contributed by atoms with Gasteiger partial charge in [-0.25, -0.2) is 4.79 Å². The van der Waals surface area contributed by atoms with Crippen LogP contribution in [0, 0.1) is 0 Å². The highest BCUT2D eigenvalue weighted by Crippen LogP contribution is 2.36. The van der Waals surface area contributed by atoms with E-state index in [0.717, 1.165) is 25.9 Å². The predicted molar refractivity (Wildman–Crippen MR) is 81.1 cm³/mol. The summed E-state index contributed by atoms with van der Waals surface area (Å²) in [4.78, 5) is 13.8. The van der Waals surface area contributed by atoms with Crippen molar-refractivity contribution in [2.45, 2.75) is 25.0 Å². The molecular weight excluding hydrogens is 286 g/mol. The van der Waals surface area contributed by atoms with Gasteiger partial charge in [0.05, 0.1) is 14.2 Å². The number of likely N-dealkylation sites (N-methyl/N-ethyl adjacent to an activating group) is 1. The molecule has 1 aromatic carbocycles. The predicted octanol–water partition coefficient (Wildman–Crippen LogP) is 1.37. The van der Waals surface area contributed by atoms with Crippen molar-refractivity contribution in [2.75, 3.05) is 34.4 Å². The van der Waals surface area contributed by atoms with Crippen LogP contribution in [0.4, 0.5) is 0 Å². The van der Waals surface area contributed by atoms with E-state index in [1.165, 1.54) is 14.2 Å². The van der Waals surface area contributed by atoms with Gasteiger partial charge in [-0.05, 0) is 32.5 Å². The second-order valence-electron chi connectivity index (χ2n) is 5.45. The fraction of sp³-hybridized carbons (Fsp3) is 0.562. The Hall–Kier alpha value is -1.79. The smallest absolute Gasteiger partial charge is 0.339 e. The van der Waals surface area contributed by atoms with E-state index >= 15 is 0 Å². The molecule has 0 spiro atoms. The molecule has 0 bridgehead atoms. The van der Waals surface area contributed by atoms with Crippen LogP contribution in [0.15, 0.2) is 18.2 Å². The standard InChI is InChI=1S/C16H23NO5/c1-17-9-5-6-11(10-17)22-13-8-4-7-12(15(13)20-2)14(18)16(19)21-3/h4,7-8,11,14,18H,5-6,9-10H2,1-3H3. The van der Waals surface area contributed by atoms with Crippen molar-refractivity contribution in [3.05, 3.63) is 23.8 Å². The topological polar surface area (TPSA) is 68.2 Å². The molecule has 22 heavy (non-hydrogen) atoms. The Bertz CT molecular complexity index is 519. The summed E-state index contributed by atoms with van der Waals surface area (Å²) in [6.07, 6.45) is 0.723. The first kappa shape index (κ1) is 16.6. The molecule has 1 saturated heterocycles. The maximum absolute atomic E-state index is 11.5. The lowest BCUT2D eigenvalue weighted by Gasteiger charge is -2.30. The highest BCUT2D eigenvalue weighted by Gasteiger charge is 2.26. The van der Waals surface area contributed by atoms with E-state index in [9.17, 15) is 9.90 Å². The van der Waals surface area contributed by atoms with Crippen LogP contribution in [0.1, 0.15) is 24.5 Å². The Labute approximate surface area is 130 Å². The Morgan fingerprint density at radius 3 is 2.82 bits per heavy atom. The molecule has 0 amide bonds. The Kier molecular flexibility index (Phi) is 5.63. The van der Waals surface area contributed by atoms with Crippen molar-refractivity contribution in [2.24, 2.45) is 0 Å². The lowest BCUT2D eigenvalue weighted by molar-refractivity contribution is -0.150. The highest BCUT2D eigenvalue weighted by atomic mass is 16.5. The zero-order valence-corrected chi connectivity index (χ0v) is 13.2. The molecule has 1 aromatic rings. The Morgan fingerprint density at radius 1 is 1.41 bits per heavy atom. The average Bonchev–Trinajstić information content (AvgIpc) is 2.53. The van der Waals surface area contributed by atoms with Crippen LogP contribution >= 0.6 is 0 Å². The molecule has 1 fully saturated rings. The number of likely N-dealkylation sites (tertiary alicyclic amines) is 1. The summed E-state index contributed by atoms with van der Waals surface area (Å²) in [6, 6.07) is 5.13. The molecule has 2 unspecified atom stereocenters. The minimum Gasteiger partial charge on any atom is -0.492 e. The lowest BCUT2D eigenvalue weighted by atomic mass is 10.1. The largest absolute Gasteiger partial charge is 0.492 e. The molecule has 6 nitrogen and oxygen atoms in total. The number of aliphatic hydroxyl groups is 1. The van der Waals surface area contributed by atoms with E-state index in [2.05, 4.69) is 16.7 Å². The van der Waals surface area contributed by atoms with Gasteiger partial charge < -0.3 is 24.2 Å². The number of carbonyl (C=O) groups is 1. The van der Waals surface area contributed by atoms with Crippen molar-refractivity contribution in [1.29, 1.82) is 0 Å². The van der Waals surface area contributed by atoms with E-state index in [-0.39, 0.29) is 6.10 Å². The Balaban J connectivity index is 2.22. The number of para-hydroxylation sites is 1. The molecule has 122 valence electrons. The van der Waals surface area contributed by atoms with Crippen molar-refractivity contribution < 1.29 is 24.1 Å². The van der Waals surface area contributed by atoms with Crippen molar-refractivity contribution in [3.63, 3.8) is 0 Å². The van der Waals surface area contributed by atoms with Crippen LogP contribution in [0.5, 0.6) is 11.5 Å². The Morgan fingerprint density at radius 2 is 2.18 bits per heavy atom. The van der Waals surface area contributed by atoms with Crippen LogP contribution in [-0.2, 0) is 9.53 Å². The van der Waals surface area contributed by atoms with Crippen LogP contribution in [0.25, 0.3) is 0 Å². The minimum atomic E-state index is -1.39. The molecule has 6 heteroatoms. The number of nitrogens with zero attached hydrogens (tertiary/aromatic N) is 1. The number of benzene rings is 1. The first-order valence-corrected chi connectivity index (χ1v) is 7.34. The van der Waals surface area contributed by atoms with Gasteiger partial charge in [0, 0.05) is 12.1 Å². The number of hydrogen-bond acceptors (Lipinski definition) is 6. The summed E-state index contributed by atoms with van der Waals surface area (Å²) in [5, 5.41) is 10.1. The SMILES string of the molecule is COC(=O)C(O)c1cccc(OC2CCCN(C)C2)c1OC. The molecule has 2 atom stereocenters. The summed E-state index contributed by atoms with van der Waals surface area (Å²) in [5.41, 5.74) is 0.344. The number of piperidine rings is 1. The van der Waals surface area contributed by atoms with Gasteiger partial charge in [-0.1, -0.05) is 12.1 Å². The normalized spacial score (nSPS) is 20.3. The van der Waals surface area contributed by atoms with Crippen molar-refractivity contribution in [1.82, 2.24) is 4.90 Å². The van der Waals surface area contributed by atoms with Crippen LogP contribution < -0.4 is 9.47 Å². The van der Waals surface area contributed by atoms with Crippen molar-refractivity contribution >= 4 is 5.97 Å². The number of hydrogen-bond donors (Lipinski definition) is 1. The number of esters is 1. The van der Waals surface area contributed by atoms with Gasteiger partial charge in [0.25, 0.3) is 0 Å². The molecule has 1 aliphatic rings. The molecule has 2 rings (SSSR count). The highest BCUT2D eigenvalue weighted by molar-refractivity contribution is 5.77. The van der Waals surface area contributed by atoms with E-state index in [0.29, 0.717) is 17.1 Å². The third kappa shape index (κ3) is 3.69. The van der Waals surface area contributed by atoms with Gasteiger partial charge in [0.15, 0.2) is 17.6 Å². The first-order valence-electron chi connectivity index (χ1n) is 7.34. The number of methoxy groups -OCH3 is 2. The van der Waals surface area contributed by atoms with Gasteiger partial charge in [-0.15, -0.1) is 0 Å². The zero-order valence-electron chi connectivity index (χ0n) is 13.2. The summed E-state index contributed by atoms with van der Waals surface area (Å²) in [6.45, 7) is 1.91. The second-order valence-corrected chi connectivity index (χ2v) is 5.45. The summed E-state index contributed by atoms with van der Waals surface area (Å²) >= 11 is 0. The molecule has 0 saturated carbocycles. The number of ether oxygens (including phenoxy) is 3. The van der Waals surface area contributed by atoms with Gasteiger partial charge in [-0.3, -0.25) is 0 Å². The average molecular weight is 309 g/mol. The van der Waals surface area contributed by atoms with Gasteiger partial charge >= 0.3 is 5.97 Å². The van der Waals surface area contributed by atoms with Crippen LogP contribution in [0.2, 0.25) is 0 Å². The van der Waals surface area contributed by atoms with Crippen LogP contribution in [-0.4, -0.2) is 56.4 Å². The van der Waals surface area contributed by atoms with Crippen molar-refractivity contribution in [3.8, 4) is 11.5 Å². The fourth-order valence-corrected chi connectivity index (χ4v) is 2.69. The number of carbonyl (C=O) groups excluding carboxylic acids is 1. The summed E-state index contributed by atoms with van der Waals surface area (Å²) in [7, 11) is 4.78. The molecule has 1 aliphatic heterocycles. The second kappa shape index (κ2) is 7.47.